The Morgan fingerprint density at radius 2 is 1.46 bits per heavy atom. The van der Waals surface area contributed by atoms with Gasteiger partial charge in [0.2, 0.25) is 0 Å². The van der Waals surface area contributed by atoms with Crippen molar-refractivity contribution in [1.82, 2.24) is 0 Å². The van der Waals surface area contributed by atoms with Crippen molar-refractivity contribution in [1.29, 1.82) is 0 Å². The first kappa shape index (κ1) is 26.2. The van der Waals surface area contributed by atoms with E-state index in [-0.39, 0.29) is 19.6 Å². The van der Waals surface area contributed by atoms with E-state index in [0.717, 1.165) is 33.6 Å². The molecule has 0 fully saturated rings. The Labute approximate surface area is 207 Å². The fourth-order valence-corrected chi connectivity index (χ4v) is 4.48. The van der Waals surface area contributed by atoms with Gasteiger partial charge in [-0.15, -0.1) is 0 Å². The van der Waals surface area contributed by atoms with E-state index in [4.69, 9.17) is 18.9 Å². The Morgan fingerprint density at radius 3 is 1.94 bits per heavy atom. The normalized spacial score (nSPS) is 17.0. The van der Waals surface area contributed by atoms with Crippen molar-refractivity contribution >= 4 is 17.5 Å². The fraction of sp³-hybridized carbons (Fsp3) is 0.379. The van der Waals surface area contributed by atoms with E-state index in [0.29, 0.717) is 0 Å². The predicted molar refractivity (Wildman–Crippen MR) is 135 cm³/mol. The number of rotatable bonds is 8. The molecule has 1 aliphatic heterocycles. The molecule has 2 aromatic carbocycles. The molecule has 0 unspecified atom stereocenters. The number of methoxy groups -OCH3 is 1. The number of benzene rings is 2. The maximum absolute atomic E-state index is 13.0. The van der Waals surface area contributed by atoms with Crippen molar-refractivity contribution in [3.8, 4) is 5.75 Å². The maximum atomic E-state index is 13.0. The summed E-state index contributed by atoms with van der Waals surface area (Å²) >= 11 is 0. The number of esters is 2. The van der Waals surface area contributed by atoms with Gasteiger partial charge < -0.3 is 18.9 Å². The summed E-state index contributed by atoms with van der Waals surface area (Å²) in [5.74, 6) is -0.689. The molecule has 0 amide bonds. The first-order chi connectivity index (χ1) is 16.7. The van der Waals surface area contributed by atoms with E-state index >= 15 is 0 Å². The van der Waals surface area contributed by atoms with Crippen LogP contribution in [0.25, 0.3) is 5.57 Å². The summed E-state index contributed by atoms with van der Waals surface area (Å²) in [6.45, 7) is 9.28. The monoisotopic (exact) mass is 478 g/mol. The van der Waals surface area contributed by atoms with Gasteiger partial charge in [0.1, 0.15) is 5.75 Å². The summed E-state index contributed by atoms with van der Waals surface area (Å²) in [5, 5.41) is 0. The molecule has 0 saturated heterocycles. The highest BCUT2D eigenvalue weighted by Crippen LogP contribution is 2.43. The highest BCUT2D eigenvalue weighted by atomic mass is 16.6. The summed E-state index contributed by atoms with van der Waals surface area (Å²) in [4.78, 5) is 26.0. The smallest absolute Gasteiger partial charge is 0.350 e. The van der Waals surface area contributed by atoms with Gasteiger partial charge in [0.15, 0.2) is 0 Å². The lowest BCUT2D eigenvalue weighted by Gasteiger charge is -2.43. The Kier molecular flexibility index (Phi) is 8.18. The second-order valence-corrected chi connectivity index (χ2v) is 8.90. The van der Waals surface area contributed by atoms with Crippen LogP contribution in [0.4, 0.5) is 0 Å². The van der Waals surface area contributed by atoms with Gasteiger partial charge in [-0.1, -0.05) is 48.0 Å². The van der Waals surface area contributed by atoms with Crippen molar-refractivity contribution in [3.63, 3.8) is 0 Å². The third-order valence-corrected chi connectivity index (χ3v) is 6.04. The molecule has 2 aromatic rings. The van der Waals surface area contributed by atoms with E-state index < -0.39 is 23.1 Å². The Morgan fingerprint density at radius 1 is 0.914 bits per heavy atom. The molecule has 0 aliphatic carbocycles. The standard InChI is InChI=1S/C29H34O6/c1-7-33-26(30)29(27(31)34-8-2)19-20(3)25(28(4,5)35-29)18-24(21-12-10-9-11-13-21)22-14-16-23(32-6)17-15-22/h9-18H,7-8,19H2,1-6H3/b24-18+. The Balaban J connectivity index is 2.17. The van der Waals surface area contributed by atoms with Crippen LogP contribution in [-0.4, -0.2) is 43.5 Å². The molecule has 6 heteroatoms. The van der Waals surface area contributed by atoms with Gasteiger partial charge in [0.25, 0.3) is 5.60 Å². The average molecular weight is 479 g/mol. The number of ether oxygens (including phenoxy) is 4. The third-order valence-electron chi connectivity index (χ3n) is 6.04. The van der Waals surface area contributed by atoms with E-state index in [2.05, 4.69) is 6.08 Å². The van der Waals surface area contributed by atoms with Gasteiger partial charge in [-0.05, 0) is 75.1 Å². The van der Waals surface area contributed by atoms with E-state index in [9.17, 15) is 9.59 Å². The van der Waals surface area contributed by atoms with Crippen LogP contribution in [0.2, 0.25) is 0 Å². The zero-order chi connectivity index (χ0) is 25.6. The SMILES string of the molecule is CCOC(=O)C1(C(=O)OCC)CC(C)=C(/C=C(\c2ccccc2)c2ccc(OC)cc2)C(C)(C)O1. The zero-order valence-electron chi connectivity index (χ0n) is 21.3. The van der Waals surface area contributed by atoms with Crippen LogP contribution in [0, 0.1) is 0 Å². The molecule has 0 saturated carbocycles. The van der Waals surface area contributed by atoms with Gasteiger partial charge in [0, 0.05) is 6.42 Å². The minimum atomic E-state index is -1.84. The second-order valence-electron chi connectivity index (χ2n) is 8.90. The first-order valence-corrected chi connectivity index (χ1v) is 11.8. The van der Waals surface area contributed by atoms with Crippen LogP contribution in [-0.2, 0) is 23.8 Å². The molecule has 0 spiro atoms. The van der Waals surface area contributed by atoms with Crippen LogP contribution >= 0.6 is 0 Å². The summed E-state index contributed by atoms with van der Waals surface area (Å²) < 4.78 is 22.1. The second kappa shape index (κ2) is 10.9. The van der Waals surface area contributed by atoms with Gasteiger partial charge >= 0.3 is 11.9 Å². The van der Waals surface area contributed by atoms with Crippen molar-refractivity contribution in [2.45, 2.75) is 52.2 Å². The molecular formula is C29H34O6. The summed E-state index contributed by atoms with van der Waals surface area (Å²) in [7, 11) is 1.64. The lowest BCUT2D eigenvalue weighted by molar-refractivity contribution is -0.206. The topological polar surface area (TPSA) is 71.1 Å². The van der Waals surface area contributed by atoms with Gasteiger partial charge in [-0.3, -0.25) is 0 Å². The molecule has 0 N–H and O–H groups in total. The molecule has 0 atom stereocenters. The summed E-state index contributed by atoms with van der Waals surface area (Å²) in [6.07, 6.45) is 2.12. The number of carbonyl (C=O) groups excluding carboxylic acids is 2. The van der Waals surface area contributed by atoms with Crippen LogP contribution in [0.1, 0.15) is 52.2 Å². The van der Waals surface area contributed by atoms with Crippen molar-refractivity contribution in [3.05, 3.63) is 82.9 Å². The molecule has 0 radical (unpaired) electrons. The van der Waals surface area contributed by atoms with Crippen molar-refractivity contribution in [2.24, 2.45) is 0 Å². The molecule has 0 bridgehead atoms. The molecule has 6 nitrogen and oxygen atoms in total. The first-order valence-electron chi connectivity index (χ1n) is 11.8. The lowest BCUT2D eigenvalue weighted by Crippen LogP contribution is -2.58. The minimum Gasteiger partial charge on any atom is -0.497 e. The molecule has 1 aliphatic rings. The van der Waals surface area contributed by atoms with Crippen LogP contribution in [0.3, 0.4) is 0 Å². The molecule has 3 rings (SSSR count). The predicted octanol–water partition coefficient (Wildman–Crippen LogP) is 5.51. The third kappa shape index (κ3) is 5.49. The Bertz CT molecular complexity index is 1090. The number of hydrogen-bond acceptors (Lipinski definition) is 6. The average Bonchev–Trinajstić information content (AvgIpc) is 2.84. The fourth-order valence-electron chi connectivity index (χ4n) is 4.48. The molecule has 0 aromatic heterocycles. The van der Waals surface area contributed by atoms with Crippen LogP contribution in [0.15, 0.2) is 71.8 Å². The number of hydrogen-bond donors (Lipinski definition) is 0. The summed E-state index contributed by atoms with van der Waals surface area (Å²) in [6, 6.07) is 17.9. The molecule has 35 heavy (non-hydrogen) atoms. The van der Waals surface area contributed by atoms with Gasteiger partial charge in [0.05, 0.1) is 25.9 Å². The minimum absolute atomic E-state index is 0.0462. The largest absolute Gasteiger partial charge is 0.497 e. The lowest BCUT2D eigenvalue weighted by atomic mass is 9.80. The van der Waals surface area contributed by atoms with Gasteiger partial charge in [-0.25, -0.2) is 9.59 Å². The van der Waals surface area contributed by atoms with Crippen molar-refractivity contribution < 1.29 is 28.5 Å². The highest BCUT2D eigenvalue weighted by molar-refractivity contribution is 6.04. The Hall–Kier alpha value is -3.38. The van der Waals surface area contributed by atoms with E-state index in [1.807, 2.05) is 75.4 Å². The van der Waals surface area contributed by atoms with Crippen LogP contribution in [0.5, 0.6) is 5.75 Å². The maximum Gasteiger partial charge on any atom is 0.350 e. The van der Waals surface area contributed by atoms with Crippen LogP contribution < -0.4 is 4.74 Å². The van der Waals surface area contributed by atoms with Crippen molar-refractivity contribution in [2.75, 3.05) is 20.3 Å². The zero-order valence-corrected chi connectivity index (χ0v) is 21.3. The van der Waals surface area contributed by atoms with Gasteiger partial charge in [-0.2, -0.15) is 0 Å². The molecular weight excluding hydrogens is 444 g/mol. The quantitative estimate of drug-likeness (QED) is 0.368. The van der Waals surface area contributed by atoms with E-state index in [1.54, 1.807) is 21.0 Å². The highest BCUT2D eigenvalue weighted by Gasteiger charge is 2.57. The van der Waals surface area contributed by atoms with E-state index in [1.165, 1.54) is 0 Å². The number of carbonyl (C=O) groups is 2. The summed E-state index contributed by atoms with van der Waals surface area (Å²) in [5.41, 5.74) is 1.93. The molecule has 186 valence electrons. The molecule has 1 heterocycles.